The molecule has 0 saturated heterocycles. The fraction of sp³-hybridized carbons (Fsp3) is 0.278. The lowest BCUT2D eigenvalue weighted by Gasteiger charge is -2.24. The zero-order valence-corrected chi connectivity index (χ0v) is 17.7. The number of esters is 1. The van der Waals surface area contributed by atoms with Crippen LogP contribution in [0.5, 0.6) is 11.5 Å². The van der Waals surface area contributed by atoms with Crippen LogP contribution >= 0.6 is 23.7 Å². The van der Waals surface area contributed by atoms with E-state index >= 15 is 0 Å². The van der Waals surface area contributed by atoms with Gasteiger partial charge in [-0.25, -0.2) is 4.57 Å². The number of anilines is 1. The normalized spacial score (nSPS) is 14.3. The van der Waals surface area contributed by atoms with Crippen molar-refractivity contribution in [3.63, 3.8) is 0 Å². The van der Waals surface area contributed by atoms with Crippen molar-refractivity contribution in [1.29, 1.82) is 0 Å². The first-order valence-corrected chi connectivity index (χ1v) is 10.6. The number of nitrogens with two attached hydrogens (primary N) is 1. The first-order chi connectivity index (χ1) is 12.7. The second-order valence-corrected chi connectivity index (χ2v) is 8.49. The summed E-state index contributed by atoms with van der Waals surface area (Å²) in [6.07, 6.45) is -0.302. The molecule has 0 bridgehead atoms. The van der Waals surface area contributed by atoms with Gasteiger partial charge in [-0.3, -0.25) is 4.79 Å². The van der Waals surface area contributed by atoms with Gasteiger partial charge in [-0.05, 0) is 67.0 Å². The van der Waals surface area contributed by atoms with Crippen LogP contribution in [0.1, 0.15) is 20.8 Å². The molecule has 0 aromatic heterocycles. The third-order valence-corrected chi connectivity index (χ3v) is 5.41. The highest BCUT2D eigenvalue weighted by Gasteiger charge is 2.34. The van der Waals surface area contributed by atoms with Gasteiger partial charge in [-0.15, -0.1) is 0 Å². The van der Waals surface area contributed by atoms with E-state index in [0.29, 0.717) is 15.9 Å². The Balaban J connectivity index is 2.27. The molecular formula is C18H22BrN2O5P. The van der Waals surface area contributed by atoms with Gasteiger partial charge in [-0.2, -0.15) is 5.09 Å². The number of halogens is 1. The summed E-state index contributed by atoms with van der Waals surface area (Å²) in [6, 6.07) is 12.4. The van der Waals surface area contributed by atoms with Crippen LogP contribution in [0, 0.1) is 0 Å². The van der Waals surface area contributed by atoms with E-state index in [2.05, 4.69) is 21.0 Å². The van der Waals surface area contributed by atoms with Gasteiger partial charge < -0.3 is 19.5 Å². The van der Waals surface area contributed by atoms with E-state index in [4.69, 9.17) is 19.5 Å². The summed E-state index contributed by atoms with van der Waals surface area (Å²) in [7, 11) is -3.98. The zero-order chi connectivity index (χ0) is 20.0. The van der Waals surface area contributed by atoms with E-state index in [1.54, 1.807) is 62.4 Å². The third-order valence-electron chi connectivity index (χ3n) is 3.20. The molecule has 1 unspecified atom stereocenters. The Kier molecular flexibility index (Phi) is 7.30. The van der Waals surface area contributed by atoms with Crippen molar-refractivity contribution < 1.29 is 23.1 Å². The molecular weight excluding hydrogens is 435 g/mol. The van der Waals surface area contributed by atoms with Crippen LogP contribution < -0.4 is 19.9 Å². The second-order valence-electron chi connectivity index (χ2n) is 6.02. The predicted octanol–water partition coefficient (Wildman–Crippen LogP) is 4.53. The van der Waals surface area contributed by atoms with Crippen LogP contribution in [0.4, 0.5) is 5.69 Å². The minimum Gasteiger partial charge on any atom is -0.462 e. The summed E-state index contributed by atoms with van der Waals surface area (Å²) in [5, 5.41) is 2.62. The largest absolute Gasteiger partial charge is 0.513 e. The summed E-state index contributed by atoms with van der Waals surface area (Å²) >= 11 is 3.31. The fourth-order valence-corrected chi connectivity index (χ4v) is 4.18. The lowest BCUT2D eigenvalue weighted by molar-refractivity contribution is -0.149. The van der Waals surface area contributed by atoms with Crippen molar-refractivity contribution in [2.75, 3.05) is 5.73 Å². The van der Waals surface area contributed by atoms with Crippen LogP contribution in [0.25, 0.3) is 0 Å². The van der Waals surface area contributed by atoms with Crippen LogP contribution in [0.3, 0.4) is 0 Å². The minimum atomic E-state index is -3.98. The number of hydrogen-bond acceptors (Lipinski definition) is 6. The highest BCUT2D eigenvalue weighted by atomic mass is 79.9. The number of nitrogen functional groups attached to an aromatic ring is 1. The molecule has 27 heavy (non-hydrogen) atoms. The maximum atomic E-state index is 13.4. The Morgan fingerprint density at radius 3 is 2.37 bits per heavy atom. The quantitative estimate of drug-likeness (QED) is 0.342. The van der Waals surface area contributed by atoms with Crippen LogP contribution in [0.2, 0.25) is 0 Å². The summed E-state index contributed by atoms with van der Waals surface area (Å²) in [4.78, 5) is 12.1. The molecule has 0 amide bonds. The minimum absolute atomic E-state index is 0.250. The number of rotatable bonds is 8. The molecule has 0 spiro atoms. The summed E-state index contributed by atoms with van der Waals surface area (Å²) in [5.41, 5.74) is 6.23. The molecule has 7 nitrogen and oxygen atoms in total. The van der Waals surface area contributed by atoms with Crippen LogP contribution in [0.15, 0.2) is 53.0 Å². The van der Waals surface area contributed by atoms with Crippen molar-refractivity contribution in [2.45, 2.75) is 32.9 Å². The fourth-order valence-electron chi connectivity index (χ4n) is 2.04. The highest BCUT2D eigenvalue weighted by Crippen LogP contribution is 2.47. The van der Waals surface area contributed by atoms with Crippen molar-refractivity contribution in [3.8, 4) is 11.5 Å². The average molecular weight is 457 g/mol. The van der Waals surface area contributed by atoms with Gasteiger partial charge in [0.15, 0.2) is 0 Å². The summed E-state index contributed by atoms with van der Waals surface area (Å²) in [6.45, 7) is 4.98. The van der Waals surface area contributed by atoms with Gasteiger partial charge >= 0.3 is 13.7 Å². The van der Waals surface area contributed by atoms with Gasteiger partial charge in [-0.1, -0.05) is 18.2 Å². The van der Waals surface area contributed by atoms with Crippen LogP contribution in [-0.4, -0.2) is 18.1 Å². The lowest BCUT2D eigenvalue weighted by atomic mass is 10.3. The Bertz CT molecular complexity index is 832. The number of benzene rings is 2. The van der Waals surface area contributed by atoms with E-state index < -0.39 is 19.8 Å². The first kappa shape index (κ1) is 21.3. The van der Waals surface area contributed by atoms with E-state index in [1.807, 2.05) is 0 Å². The molecule has 3 N–H and O–H groups in total. The number of nitrogens with one attached hydrogen (secondary N) is 1. The van der Waals surface area contributed by atoms with E-state index in [9.17, 15) is 9.36 Å². The molecule has 0 heterocycles. The topological polar surface area (TPSA) is 99.9 Å². The molecule has 0 aliphatic rings. The number of carbonyl (C=O) groups excluding carboxylic acids is 1. The van der Waals surface area contributed by atoms with E-state index in [-0.39, 0.29) is 11.9 Å². The maximum absolute atomic E-state index is 13.4. The number of carbonyl (C=O) groups is 1. The molecule has 2 rings (SSSR count). The lowest BCUT2D eigenvalue weighted by Crippen LogP contribution is -2.36. The van der Waals surface area contributed by atoms with Crippen molar-refractivity contribution in [2.24, 2.45) is 0 Å². The molecule has 0 radical (unpaired) electrons. The monoisotopic (exact) mass is 456 g/mol. The Morgan fingerprint density at radius 1 is 1.11 bits per heavy atom. The van der Waals surface area contributed by atoms with Gasteiger partial charge in [0.2, 0.25) is 0 Å². The van der Waals surface area contributed by atoms with Crippen molar-refractivity contribution in [1.82, 2.24) is 5.09 Å². The van der Waals surface area contributed by atoms with Gasteiger partial charge in [0, 0.05) is 5.69 Å². The number of ether oxygens (including phenoxy) is 1. The third kappa shape index (κ3) is 6.57. The Morgan fingerprint density at radius 2 is 1.78 bits per heavy atom. The van der Waals surface area contributed by atoms with Crippen LogP contribution in [-0.2, 0) is 14.1 Å². The first-order valence-electron chi connectivity index (χ1n) is 8.26. The van der Waals surface area contributed by atoms with Crippen molar-refractivity contribution >= 4 is 35.3 Å². The highest BCUT2D eigenvalue weighted by molar-refractivity contribution is 9.10. The molecule has 2 aromatic carbocycles. The zero-order valence-electron chi connectivity index (χ0n) is 15.2. The molecule has 0 aliphatic heterocycles. The summed E-state index contributed by atoms with van der Waals surface area (Å²) < 4.78 is 30.2. The number of hydrogen-bond donors (Lipinski definition) is 2. The standard InChI is InChI=1S/C18H22BrN2O5P/c1-12(2)24-18(22)13(3)21-27(23,25-15-7-5-4-6-8-15)26-17-10-9-14(20)11-16(17)19/h4-13H,20H2,1-3H3,(H,21,23)/t13-,27?/m0/s1. The predicted molar refractivity (Wildman–Crippen MR) is 108 cm³/mol. The van der Waals surface area contributed by atoms with Crippen molar-refractivity contribution in [3.05, 3.63) is 53.0 Å². The van der Waals surface area contributed by atoms with Gasteiger partial charge in [0.25, 0.3) is 0 Å². The molecule has 2 atom stereocenters. The second kappa shape index (κ2) is 9.26. The summed E-state index contributed by atoms with van der Waals surface area (Å²) in [5.74, 6) is 0.00609. The smallest absolute Gasteiger partial charge is 0.462 e. The molecule has 2 aromatic rings. The van der Waals surface area contributed by atoms with Gasteiger partial charge in [0.1, 0.15) is 17.5 Å². The molecule has 9 heteroatoms. The maximum Gasteiger partial charge on any atom is 0.513 e. The average Bonchev–Trinajstić information content (AvgIpc) is 2.57. The van der Waals surface area contributed by atoms with Gasteiger partial charge in [0.05, 0.1) is 10.6 Å². The molecule has 0 saturated carbocycles. The van der Waals surface area contributed by atoms with E-state index in [0.717, 1.165) is 0 Å². The Hall–Kier alpha value is -2.02. The molecule has 146 valence electrons. The molecule has 0 fully saturated rings. The molecule has 0 aliphatic carbocycles. The SMILES string of the molecule is CC(C)OC(=O)[C@H](C)NP(=O)(Oc1ccccc1)Oc1ccc(N)cc1Br. The Labute approximate surface area is 166 Å². The number of para-hydroxylation sites is 1. The van der Waals surface area contributed by atoms with E-state index in [1.165, 1.54) is 6.92 Å².